The minimum atomic E-state index is -0.381. The van der Waals surface area contributed by atoms with Gasteiger partial charge in [0.25, 0.3) is 0 Å². The van der Waals surface area contributed by atoms with Crippen LogP contribution >= 0.6 is 0 Å². The lowest BCUT2D eigenvalue weighted by molar-refractivity contribution is -0.0586. The van der Waals surface area contributed by atoms with Gasteiger partial charge in [0.2, 0.25) is 0 Å². The first kappa shape index (κ1) is 9.22. The summed E-state index contributed by atoms with van der Waals surface area (Å²) in [6.07, 6.45) is 4.58. The first-order valence-electron chi connectivity index (χ1n) is 5.84. The van der Waals surface area contributed by atoms with E-state index in [0.29, 0.717) is 6.04 Å². The van der Waals surface area contributed by atoms with Crippen molar-refractivity contribution in [2.75, 3.05) is 11.4 Å². The van der Waals surface area contributed by atoms with Gasteiger partial charge in [-0.1, -0.05) is 31.0 Å². The molecule has 1 aromatic rings. The molecule has 2 nitrogen and oxygen atoms in total. The molecule has 1 aliphatic carbocycles. The van der Waals surface area contributed by atoms with Gasteiger partial charge in [0.05, 0.1) is 6.04 Å². The fraction of sp³-hybridized carbons (Fsp3) is 0.538. The van der Waals surface area contributed by atoms with E-state index in [0.717, 1.165) is 19.4 Å². The van der Waals surface area contributed by atoms with E-state index in [2.05, 4.69) is 29.2 Å². The third-order valence-corrected chi connectivity index (χ3v) is 3.87. The van der Waals surface area contributed by atoms with E-state index in [-0.39, 0.29) is 5.60 Å². The second-order valence-corrected chi connectivity index (χ2v) is 4.83. The highest BCUT2D eigenvalue weighted by molar-refractivity contribution is 5.52. The summed E-state index contributed by atoms with van der Waals surface area (Å²) in [7, 11) is 0. The summed E-state index contributed by atoms with van der Waals surface area (Å²) in [6, 6.07) is 10.8. The highest BCUT2D eigenvalue weighted by atomic mass is 16.3. The first-order valence-corrected chi connectivity index (χ1v) is 5.84. The SMILES string of the molecule is OC12CCCCC1N(c1ccccc1)C2. The Bertz CT molecular complexity index is 351. The summed E-state index contributed by atoms with van der Waals surface area (Å²) in [4.78, 5) is 2.35. The third kappa shape index (κ3) is 1.36. The Morgan fingerprint density at radius 1 is 1.20 bits per heavy atom. The summed E-state index contributed by atoms with van der Waals surface area (Å²) in [5.74, 6) is 0. The minimum absolute atomic E-state index is 0.369. The predicted molar refractivity (Wildman–Crippen MR) is 61.0 cm³/mol. The van der Waals surface area contributed by atoms with E-state index >= 15 is 0 Å². The molecule has 1 heterocycles. The van der Waals surface area contributed by atoms with Crippen molar-refractivity contribution in [2.45, 2.75) is 37.3 Å². The molecule has 0 aromatic heterocycles. The maximum absolute atomic E-state index is 10.3. The van der Waals surface area contributed by atoms with Gasteiger partial charge in [-0.25, -0.2) is 0 Å². The summed E-state index contributed by atoms with van der Waals surface area (Å²) < 4.78 is 0. The number of rotatable bonds is 1. The molecule has 2 unspecified atom stereocenters. The predicted octanol–water partition coefficient (Wildman–Crippen LogP) is 2.18. The molecule has 0 amide bonds. The maximum atomic E-state index is 10.3. The van der Waals surface area contributed by atoms with Gasteiger partial charge in [-0.05, 0) is 25.0 Å². The van der Waals surface area contributed by atoms with Crippen LogP contribution in [0.15, 0.2) is 30.3 Å². The molecule has 15 heavy (non-hydrogen) atoms. The van der Waals surface area contributed by atoms with Gasteiger partial charge >= 0.3 is 0 Å². The number of anilines is 1. The van der Waals surface area contributed by atoms with Crippen molar-refractivity contribution in [3.8, 4) is 0 Å². The Balaban J connectivity index is 1.81. The van der Waals surface area contributed by atoms with Crippen LogP contribution in [0.5, 0.6) is 0 Å². The molecule has 1 saturated carbocycles. The van der Waals surface area contributed by atoms with E-state index in [4.69, 9.17) is 0 Å². The van der Waals surface area contributed by atoms with Crippen molar-refractivity contribution in [1.82, 2.24) is 0 Å². The topological polar surface area (TPSA) is 23.5 Å². The van der Waals surface area contributed by atoms with Crippen LogP contribution in [-0.4, -0.2) is 23.3 Å². The summed E-state index contributed by atoms with van der Waals surface area (Å²) in [5, 5.41) is 10.3. The lowest BCUT2D eigenvalue weighted by Crippen LogP contribution is -2.71. The molecule has 2 heteroatoms. The fourth-order valence-electron chi connectivity index (χ4n) is 3.02. The molecule has 2 aliphatic rings. The number of hydrogen-bond donors (Lipinski definition) is 1. The number of aliphatic hydroxyl groups is 1. The number of hydrogen-bond acceptors (Lipinski definition) is 2. The average Bonchev–Trinajstić information content (AvgIpc) is 2.25. The van der Waals surface area contributed by atoms with Crippen molar-refractivity contribution in [2.24, 2.45) is 0 Å². The van der Waals surface area contributed by atoms with E-state index in [9.17, 15) is 5.11 Å². The second kappa shape index (κ2) is 3.24. The number of benzene rings is 1. The van der Waals surface area contributed by atoms with Crippen molar-refractivity contribution in [3.63, 3.8) is 0 Å². The van der Waals surface area contributed by atoms with E-state index < -0.39 is 0 Å². The van der Waals surface area contributed by atoms with Crippen LogP contribution in [0.25, 0.3) is 0 Å². The number of para-hydroxylation sites is 1. The Hall–Kier alpha value is -1.02. The number of nitrogens with zero attached hydrogens (tertiary/aromatic N) is 1. The summed E-state index contributed by atoms with van der Waals surface area (Å²) in [5.41, 5.74) is 0.878. The largest absolute Gasteiger partial charge is 0.386 e. The van der Waals surface area contributed by atoms with Crippen LogP contribution in [0.1, 0.15) is 25.7 Å². The van der Waals surface area contributed by atoms with Crippen molar-refractivity contribution < 1.29 is 5.11 Å². The maximum Gasteiger partial charge on any atom is 0.102 e. The molecule has 2 fully saturated rings. The molecule has 3 rings (SSSR count). The van der Waals surface area contributed by atoms with Gasteiger partial charge in [0.15, 0.2) is 0 Å². The third-order valence-electron chi connectivity index (χ3n) is 3.87. The lowest BCUT2D eigenvalue weighted by atomic mass is 9.72. The highest BCUT2D eigenvalue weighted by Gasteiger charge is 2.52. The number of fused-ring (bicyclic) bond motifs is 1. The minimum Gasteiger partial charge on any atom is -0.386 e. The second-order valence-electron chi connectivity index (χ2n) is 4.83. The van der Waals surface area contributed by atoms with Gasteiger partial charge in [-0.2, -0.15) is 0 Å². The fourth-order valence-corrected chi connectivity index (χ4v) is 3.02. The Morgan fingerprint density at radius 3 is 2.73 bits per heavy atom. The zero-order valence-corrected chi connectivity index (χ0v) is 8.89. The van der Waals surface area contributed by atoms with Gasteiger partial charge in [-0.3, -0.25) is 0 Å². The molecule has 80 valence electrons. The molecular formula is C13H17NO. The molecule has 0 spiro atoms. The van der Waals surface area contributed by atoms with Crippen LogP contribution in [-0.2, 0) is 0 Å². The van der Waals surface area contributed by atoms with Crippen LogP contribution in [0.4, 0.5) is 5.69 Å². The molecular weight excluding hydrogens is 186 g/mol. The number of β-amino-alcohol motifs (C(OH)–C–C–N with tert-alkyl or cyclic N) is 1. The normalized spacial score (nSPS) is 34.5. The van der Waals surface area contributed by atoms with Crippen molar-refractivity contribution in [3.05, 3.63) is 30.3 Å². The Kier molecular flexibility index (Phi) is 1.99. The van der Waals surface area contributed by atoms with Gasteiger partial charge in [0.1, 0.15) is 5.60 Å². The zero-order chi connectivity index (χ0) is 10.3. The molecule has 2 atom stereocenters. The standard InChI is InChI=1S/C13H17NO/c15-13-9-5-4-8-12(13)14(10-13)11-6-2-1-3-7-11/h1-3,6-7,12,15H,4-5,8-10H2. The van der Waals surface area contributed by atoms with E-state index in [1.807, 2.05) is 6.07 Å². The Labute approximate surface area is 90.5 Å². The Morgan fingerprint density at radius 2 is 2.00 bits per heavy atom. The van der Waals surface area contributed by atoms with E-state index in [1.165, 1.54) is 18.5 Å². The van der Waals surface area contributed by atoms with Crippen LogP contribution in [0.2, 0.25) is 0 Å². The molecule has 0 radical (unpaired) electrons. The van der Waals surface area contributed by atoms with Crippen molar-refractivity contribution in [1.29, 1.82) is 0 Å². The van der Waals surface area contributed by atoms with E-state index in [1.54, 1.807) is 0 Å². The van der Waals surface area contributed by atoms with Gasteiger partial charge < -0.3 is 10.0 Å². The van der Waals surface area contributed by atoms with Crippen LogP contribution in [0, 0.1) is 0 Å². The van der Waals surface area contributed by atoms with Gasteiger partial charge in [0, 0.05) is 12.2 Å². The first-order chi connectivity index (χ1) is 7.30. The monoisotopic (exact) mass is 203 g/mol. The quantitative estimate of drug-likeness (QED) is 0.756. The summed E-state index contributed by atoms with van der Waals surface area (Å²) >= 11 is 0. The molecule has 1 aromatic carbocycles. The summed E-state index contributed by atoms with van der Waals surface area (Å²) in [6.45, 7) is 0.821. The van der Waals surface area contributed by atoms with Crippen LogP contribution in [0.3, 0.4) is 0 Å². The average molecular weight is 203 g/mol. The van der Waals surface area contributed by atoms with Crippen molar-refractivity contribution >= 4 is 5.69 Å². The molecule has 0 bridgehead atoms. The highest BCUT2D eigenvalue weighted by Crippen LogP contribution is 2.43. The van der Waals surface area contributed by atoms with Crippen LogP contribution < -0.4 is 4.90 Å². The van der Waals surface area contributed by atoms with Gasteiger partial charge in [-0.15, -0.1) is 0 Å². The molecule has 1 aliphatic heterocycles. The lowest BCUT2D eigenvalue weighted by Gasteiger charge is -2.58. The molecule has 1 saturated heterocycles. The smallest absolute Gasteiger partial charge is 0.102 e. The zero-order valence-electron chi connectivity index (χ0n) is 8.89. The molecule has 1 N–H and O–H groups in total.